The van der Waals surface area contributed by atoms with Gasteiger partial charge in [0, 0.05) is 10.5 Å². The minimum atomic E-state index is 0.462. The quantitative estimate of drug-likeness (QED) is 0.800. The van der Waals surface area contributed by atoms with E-state index in [0.717, 1.165) is 22.3 Å². The summed E-state index contributed by atoms with van der Waals surface area (Å²) < 4.78 is 1.01. The summed E-state index contributed by atoms with van der Waals surface area (Å²) in [5, 5.41) is 3.34. The van der Waals surface area contributed by atoms with Crippen molar-refractivity contribution < 1.29 is 0 Å². The van der Waals surface area contributed by atoms with E-state index >= 15 is 0 Å². The standard InChI is InChI=1S/C10H15BrN2/c1-3-7(2)13-10-5-4-8(11)6-9(10)12/h4-7,13H,3,12H2,1-2H3. The highest BCUT2D eigenvalue weighted by molar-refractivity contribution is 9.10. The number of nitrogens with two attached hydrogens (primary N) is 1. The van der Waals surface area contributed by atoms with Gasteiger partial charge in [0.2, 0.25) is 0 Å². The molecule has 0 aliphatic carbocycles. The Balaban J connectivity index is 2.77. The number of nitrogen functional groups attached to an aromatic ring is 1. The normalized spacial score (nSPS) is 12.5. The van der Waals surface area contributed by atoms with Crippen molar-refractivity contribution in [3.05, 3.63) is 22.7 Å². The maximum absolute atomic E-state index is 5.83. The molecule has 1 unspecified atom stereocenters. The summed E-state index contributed by atoms with van der Waals surface area (Å²) in [7, 11) is 0. The van der Waals surface area contributed by atoms with Gasteiger partial charge in [-0.3, -0.25) is 0 Å². The molecule has 1 atom stereocenters. The van der Waals surface area contributed by atoms with Crippen molar-refractivity contribution in [1.82, 2.24) is 0 Å². The fraction of sp³-hybridized carbons (Fsp3) is 0.400. The first kappa shape index (κ1) is 10.4. The Morgan fingerprint density at radius 1 is 1.54 bits per heavy atom. The van der Waals surface area contributed by atoms with Crippen LogP contribution >= 0.6 is 15.9 Å². The van der Waals surface area contributed by atoms with Crippen LogP contribution in [0, 0.1) is 0 Å². The van der Waals surface area contributed by atoms with Crippen LogP contribution in [0.25, 0.3) is 0 Å². The minimum absolute atomic E-state index is 0.462. The lowest BCUT2D eigenvalue weighted by atomic mass is 10.2. The Morgan fingerprint density at radius 2 is 2.23 bits per heavy atom. The molecule has 0 amide bonds. The van der Waals surface area contributed by atoms with Crippen molar-refractivity contribution in [2.45, 2.75) is 26.3 Å². The molecule has 0 radical (unpaired) electrons. The number of anilines is 2. The molecule has 1 aromatic carbocycles. The Hall–Kier alpha value is -0.700. The second kappa shape index (κ2) is 4.51. The molecule has 1 rings (SSSR count). The van der Waals surface area contributed by atoms with Crippen LogP contribution in [-0.2, 0) is 0 Å². The number of hydrogen-bond donors (Lipinski definition) is 2. The highest BCUT2D eigenvalue weighted by atomic mass is 79.9. The van der Waals surface area contributed by atoms with Gasteiger partial charge in [-0.15, -0.1) is 0 Å². The number of nitrogens with one attached hydrogen (secondary N) is 1. The van der Waals surface area contributed by atoms with Crippen molar-refractivity contribution >= 4 is 27.3 Å². The van der Waals surface area contributed by atoms with Crippen molar-refractivity contribution in [2.24, 2.45) is 0 Å². The molecule has 0 saturated carbocycles. The second-order valence-electron chi connectivity index (χ2n) is 3.19. The average Bonchev–Trinajstić information content (AvgIpc) is 2.09. The van der Waals surface area contributed by atoms with Crippen molar-refractivity contribution in [3.63, 3.8) is 0 Å². The van der Waals surface area contributed by atoms with E-state index in [1.165, 1.54) is 0 Å². The molecule has 0 aliphatic heterocycles. The zero-order valence-corrected chi connectivity index (χ0v) is 9.56. The SMILES string of the molecule is CCC(C)Nc1ccc(Br)cc1N. The topological polar surface area (TPSA) is 38.0 Å². The van der Waals surface area contributed by atoms with E-state index < -0.39 is 0 Å². The molecule has 0 bridgehead atoms. The molecule has 3 N–H and O–H groups in total. The molecule has 0 aromatic heterocycles. The predicted molar refractivity (Wildman–Crippen MR) is 61.9 cm³/mol. The molecule has 2 nitrogen and oxygen atoms in total. The Labute approximate surface area is 87.6 Å². The third kappa shape index (κ3) is 2.92. The fourth-order valence-electron chi connectivity index (χ4n) is 1.03. The third-order valence-electron chi connectivity index (χ3n) is 2.03. The van der Waals surface area contributed by atoms with Gasteiger partial charge in [0.05, 0.1) is 11.4 Å². The first-order chi connectivity index (χ1) is 6.13. The zero-order valence-electron chi connectivity index (χ0n) is 7.97. The van der Waals surface area contributed by atoms with Crippen LogP contribution in [0.3, 0.4) is 0 Å². The maximum atomic E-state index is 5.83. The van der Waals surface area contributed by atoms with E-state index in [4.69, 9.17) is 5.73 Å². The number of hydrogen-bond acceptors (Lipinski definition) is 2. The van der Waals surface area contributed by atoms with Crippen LogP contribution in [0.1, 0.15) is 20.3 Å². The van der Waals surface area contributed by atoms with Gasteiger partial charge >= 0.3 is 0 Å². The van der Waals surface area contributed by atoms with Crippen LogP contribution in [0.5, 0.6) is 0 Å². The van der Waals surface area contributed by atoms with Gasteiger partial charge in [0.15, 0.2) is 0 Å². The van der Waals surface area contributed by atoms with Crippen LogP contribution in [0.15, 0.2) is 22.7 Å². The summed E-state index contributed by atoms with van der Waals surface area (Å²) in [5.74, 6) is 0. The maximum Gasteiger partial charge on any atom is 0.0576 e. The smallest absolute Gasteiger partial charge is 0.0576 e. The summed E-state index contributed by atoms with van der Waals surface area (Å²) in [6.45, 7) is 4.29. The van der Waals surface area contributed by atoms with E-state index in [1.807, 2.05) is 18.2 Å². The number of rotatable bonds is 3. The summed E-state index contributed by atoms with van der Waals surface area (Å²) >= 11 is 3.37. The van der Waals surface area contributed by atoms with E-state index in [0.29, 0.717) is 6.04 Å². The lowest BCUT2D eigenvalue weighted by molar-refractivity contribution is 0.764. The Morgan fingerprint density at radius 3 is 2.77 bits per heavy atom. The second-order valence-corrected chi connectivity index (χ2v) is 4.10. The average molecular weight is 243 g/mol. The molecule has 0 saturated heterocycles. The van der Waals surface area contributed by atoms with E-state index in [9.17, 15) is 0 Å². The van der Waals surface area contributed by atoms with Crippen LogP contribution in [0.2, 0.25) is 0 Å². The third-order valence-corrected chi connectivity index (χ3v) is 2.52. The van der Waals surface area contributed by atoms with E-state index in [2.05, 4.69) is 35.1 Å². The van der Waals surface area contributed by atoms with Crippen molar-refractivity contribution in [2.75, 3.05) is 11.1 Å². The Bertz CT molecular complexity index is 286. The molecule has 0 fully saturated rings. The molecule has 72 valence electrons. The fourth-order valence-corrected chi connectivity index (χ4v) is 1.41. The van der Waals surface area contributed by atoms with Crippen molar-refractivity contribution in [3.8, 4) is 0 Å². The van der Waals surface area contributed by atoms with Crippen LogP contribution in [0.4, 0.5) is 11.4 Å². The van der Waals surface area contributed by atoms with Gasteiger partial charge in [-0.2, -0.15) is 0 Å². The predicted octanol–water partition coefficient (Wildman–Crippen LogP) is 3.24. The first-order valence-corrected chi connectivity index (χ1v) is 5.24. The molecular weight excluding hydrogens is 228 g/mol. The minimum Gasteiger partial charge on any atom is -0.397 e. The highest BCUT2D eigenvalue weighted by Gasteiger charge is 2.02. The van der Waals surface area contributed by atoms with Gasteiger partial charge in [-0.05, 0) is 31.5 Å². The Kier molecular flexibility index (Phi) is 3.60. The lowest BCUT2D eigenvalue weighted by Gasteiger charge is -2.14. The molecule has 1 aromatic rings. The van der Waals surface area contributed by atoms with Gasteiger partial charge in [-0.1, -0.05) is 22.9 Å². The molecule has 3 heteroatoms. The van der Waals surface area contributed by atoms with Crippen LogP contribution in [-0.4, -0.2) is 6.04 Å². The molecule has 0 spiro atoms. The molecular formula is C10H15BrN2. The lowest BCUT2D eigenvalue weighted by Crippen LogP contribution is -2.14. The number of benzene rings is 1. The monoisotopic (exact) mass is 242 g/mol. The van der Waals surface area contributed by atoms with Gasteiger partial charge in [0.25, 0.3) is 0 Å². The molecule has 13 heavy (non-hydrogen) atoms. The molecule has 0 heterocycles. The van der Waals surface area contributed by atoms with Gasteiger partial charge in [0.1, 0.15) is 0 Å². The van der Waals surface area contributed by atoms with E-state index in [-0.39, 0.29) is 0 Å². The summed E-state index contributed by atoms with van der Waals surface area (Å²) in [6, 6.07) is 6.35. The highest BCUT2D eigenvalue weighted by Crippen LogP contribution is 2.23. The molecule has 0 aliphatic rings. The first-order valence-electron chi connectivity index (χ1n) is 4.45. The van der Waals surface area contributed by atoms with Crippen molar-refractivity contribution in [1.29, 1.82) is 0 Å². The largest absolute Gasteiger partial charge is 0.397 e. The summed E-state index contributed by atoms with van der Waals surface area (Å²) in [4.78, 5) is 0. The van der Waals surface area contributed by atoms with E-state index in [1.54, 1.807) is 0 Å². The summed E-state index contributed by atoms with van der Waals surface area (Å²) in [6.07, 6.45) is 1.09. The van der Waals surface area contributed by atoms with Gasteiger partial charge < -0.3 is 11.1 Å². The zero-order chi connectivity index (χ0) is 9.84. The summed E-state index contributed by atoms with van der Waals surface area (Å²) in [5.41, 5.74) is 7.63. The van der Waals surface area contributed by atoms with Crippen LogP contribution < -0.4 is 11.1 Å². The van der Waals surface area contributed by atoms with Gasteiger partial charge in [-0.25, -0.2) is 0 Å². The number of halogens is 1.